The highest BCUT2D eigenvalue weighted by Crippen LogP contribution is 2.26. The summed E-state index contributed by atoms with van der Waals surface area (Å²) in [7, 11) is 0. The average molecular weight is 448 g/mol. The Morgan fingerprint density at radius 2 is 1.44 bits per heavy atom. The van der Waals surface area contributed by atoms with Crippen molar-refractivity contribution in [3.8, 4) is 0 Å². The van der Waals surface area contributed by atoms with Gasteiger partial charge in [0.05, 0.1) is 10.7 Å². The molecule has 5 nitrogen and oxygen atoms in total. The van der Waals surface area contributed by atoms with E-state index in [0.29, 0.717) is 27.5 Å². The third-order valence-electron chi connectivity index (χ3n) is 5.58. The Kier molecular flexibility index (Phi) is 7.20. The van der Waals surface area contributed by atoms with Gasteiger partial charge in [0.25, 0.3) is 11.8 Å². The maximum Gasteiger partial charge on any atom is 0.255 e. The van der Waals surface area contributed by atoms with Crippen molar-refractivity contribution >= 4 is 34.8 Å². The number of piperidine rings is 1. The zero-order valence-electron chi connectivity index (χ0n) is 17.8. The highest BCUT2D eigenvalue weighted by molar-refractivity contribution is 6.34. The first-order valence-electron chi connectivity index (χ1n) is 10.9. The quantitative estimate of drug-likeness (QED) is 0.499. The van der Waals surface area contributed by atoms with Gasteiger partial charge in [-0.15, -0.1) is 0 Å². The molecular formula is C26H26ClN3O2. The number of hydrogen-bond donors (Lipinski definition) is 2. The molecule has 0 unspecified atom stereocenters. The summed E-state index contributed by atoms with van der Waals surface area (Å²) < 4.78 is 0. The highest BCUT2D eigenvalue weighted by atomic mass is 35.5. The molecule has 32 heavy (non-hydrogen) atoms. The highest BCUT2D eigenvalue weighted by Gasteiger charge is 2.13. The van der Waals surface area contributed by atoms with Gasteiger partial charge >= 0.3 is 0 Å². The molecule has 2 N–H and O–H groups in total. The van der Waals surface area contributed by atoms with Crippen molar-refractivity contribution in [2.75, 3.05) is 23.7 Å². The van der Waals surface area contributed by atoms with Crippen LogP contribution in [0.2, 0.25) is 5.02 Å². The smallest absolute Gasteiger partial charge is 0.255 e. The first-order chi connectivity index (χ1) is 15.6. The molecule has 3 aromatic carbocycles. The van der Waals surface area contributed by atoms with Crippen LogP contribution < -0.4 is 10.6 Å². The Morgan fingerprint density at radius 3 is 2.16 bits per heavy atom. The van der Waals surface area contributed by atoms with Crippen molar-refractivity contribution < 1.29 is 9.59 Å². The molecule has 1 fully saturated rings. The van der Waals surface area contributed by atoms with Gasteiger partial charge in [0.2, 0.25) is 0 Å². The molecule has 0 atom stereocenters. The minimum Gasteiger partial charge on any atom is -0.322 e. The molecule has 0 aliphatic carbocycles. The molecule has 1 heterocycles. The van der Waals surface area contributed by atoms with Gasteiger partial charge in [0.15, 0.2) is 0 Å². The molecule has 2 amide bonds. The SMILES string of the molecule is O=C(Nc1ccc(Cl)c(NC(=O)c2ccccc2)c1)c1ccc(CN2CCCCC2)cc1. The second kappa shape index (κ2) is 10.4. The van der Waals surface area contributed by atoms with E-state index in [2.05, 4.69) is 15.5 Å². The van der Waals surface area contributed by atoms with E-state index in [4.69, 9.17) is 11.6 Å². The van der Waals surface area contributed by atoms with Crippen LogP contribution in [-0.2, 0) is 6.54 Å². The molecular weight excluding hydrogens is 422 g/mol. The van der Waals surface area contributed by atoms with Crippen molar-refractivity contribution in [3.63, 3.8) is 0 Å². The number of hydrogen-bond acceptors (Lipinski definition) is 3. The van der Waals surface area contributed by atoms with Crippen LogP contribution in [0, 0.1) is 0 Å². The molecule has 4 rings (SSSR count). The Balaban J connectivity index is 1.39. The summed E-state index contributed by atoms with van der Waals surface area (Å²) in [5.74, 6) is -0.475. The lowest BCUT2D eigenvalue weighted by molar-refractivity contribution is 0.101. The van der Waals surface area contributed by atoms with Crippen LogP contribution in [0.5, 0.6) is 0 Å². The first kappa shape index (κ1) is 22.1. The molecule has 6 heteroatoms. The summed E-state index contributed by atoms with van der Waals surface area (Å²) >= 11 is 6.25. The number of halogens is 1. The van der Waals surface area contributed by atoms with Gasteiger partial charge in [-0.2, -0.15) is 0 Å². The van der Waals surface area contributed by atoms with Crippen LogP contribution in [0.3, 0.4) is 0 Å². The van der Waals surface area contributed by atoms with Gasteiger partial charge in [0.1, 0.15) is 0 Å². The predicted molar refractivity (Wildman–Crippen MR) is 129 cm³/mol. The summed E-state index contributed by atoms with van der Waals surface area (Å²) in [5, 5.41) is 6.08. The minimum absolute atomic E-state index is 0.211. The molecule has 0 radical (unpaired) electrons. The maximum absolute atomic E-state index is 12.7. The van der Waals surface area contributed by atoms with Gasteiger partial charge in [-0.25, -0.2) is 0 Å². The van der Waals surface area contributed by atoms with Crippen molar-refractivity contribution in [1.82, 2.24) is 4.90 Å². The van der Waals surface area contributed by atoms with Crippen LogP contribution in [-0.4, -0.2) is 29.8 Å². The van der Waals surface area contributed by atoms with E-state index in [-0.39, 0.29) is 11.8 Å². The van der Waals surface area contributed by atoms with E-state index in [1.807, 2.05) is 30.3 Å². The predicted octanol–water partition coefficient (Wildman–Crippen LogP) is 5.83. The van der Waals surface area contributed by atoms with Gasteiger partial charge < -0.3 is 10.6 Å². The molecule has 3 aromatic rings. The van der Waals surface area contributed by atoms with Crippen LogP contribution in [0.4, 0.5) is 11.4 Å². The van der Waals surface area contributed by atoms with Crippen molar-refractivity contribution in [2.24, 2.45) is 0 Å². The number of benzene rings is 3. The topological polar surface area (TPSA) is 61.4 Å². The van der Waals surface area contributed by atoms with Gasteiger partial charge in [-0.3, -0.25) is 14.5 Å². The second-order valence-corrected chi connectivity index (χ2v) is 8.41. The van der Waals surface area contributed by atoms with E-state index in [9.17, 15) is 9.59 Å². The lowest BCUT2D eigenvalue weighted by atomic mass is 10.1. The van der Waals surface area contributed by atoms with E-state index < -0.39 is 0 Å². The Morgan fingerprint density at radius 1 is 0.781 bits per heavy atom. The van der Waals surface area contributed by atoms with E-state index >= 15 is 0 Å². The number of nitrogens with zero attached hydrogens (tertiary/aromatic N) is 1. The van der Waals surface area contributed by atoms with Crippen molar-refractivity contribution in [1.29, 1.82) is 0 Å². The molecule has 1 aliphatic heterocycles. The minimum atomic E-state index is -0.264. The number of nitrogens with one attached hydrogen (secondary N) is 2. The molecule has 0 bridgehead atoms. The zero-order valence-corrected chi connectivity index (χ0v) is 18.6. The number of carbonyl (C=O) groups excluding carboxylic acids is 2. The monoisotopic (exact) mass is 447 g/mol. The fraction of sp³-hybridized carbons (Fsp3) is 0.231. The van der Waals surface area contributed by atoms with Crippen LogP contribution in [0.1, 0.15) is 45.5 Å². The molecule has 164 valence electrons. The standard InChI is InChI=1S/C26H26ClN3O2/c27-23-14-13-22(17-24(23)29-26(32)20-7-3-1-4-8-20)28-25(31)21-11-9-19(10-12-21)18-30-15-5-2-6-16-30/h1,3-4,7-14,17H,2,5-6,15-16,18H2,(H,28,31)(H,29,32). The van der Waals surface area contributed by atoms with Crippen LogP contribution in [0.25, 0.3) is 0 Å². The van der Waals surface area contributed by atoms with Crippen molar-refractivity contribution in [2.45, 2.75) is 25.8 Å². The normalized spacial score (nSPS) is 14.0. The fourth-order valence-electron chi connectivity index (χ4n) is 3.82. The third-order valence-corrected chi connectivity index (χ3v) is 5.91. The largest absolute Gasteiger partial charge is 0.322 e. The maximum atomic E-state index is 12.7. The molecule has 0 saturated carbocycles. The Hall–Kier alpha value is -3.15. The van der Waals surface area contributed by atoms with E-state index in [0.717, 1.165) is 19.6 Å². The number of likely N-dealkylation sites (tertiary alicyclic amines) is 1. The van der Waals surface area contributed by atoms with Crippen LogP contribution in [0.15, 0.2) is 72.8 Å². The number of anilines is 2. The van der Waals surface area contributed by atoms with Crippen molar-refractivity contribution in [3.05, 3.63) is 94.5 Å². The second-order valence-electron chi connectivity index (χ2n) is 8.00. The van der Waals surface area contributed by atoms with E-state index in [1.54, 1.807) is 42.5 Å². The summed E-state index contributed by atoms with van der Waals surface area (Å²) in [6.07, 6.45) is 3.84. The zero-order chi connectivity index (χ0) is 22.3. The number of rotatable bonds is 6. The summed E-state index contributed by atoms with van der Waals surface area (Å²) in [4.78, 5) is 27.6. The number of amides is 2. The lowest BCUT2D eigenvalue weighted by Gasteiger charge is -2.26. The number of carbonyl (C=O) groups is 2. The van der Waals surface area contributed by atoms with Gasteiger partial charge in [-0.1, -0.05) is 48.4 Å². The molecule has 1 aliphatic rings. The fourth-order valence-corrected chi connectivity index (χ4v) is 3.99. The Bertz CT molecular complexity index is 1080. The van der Waals surface area contributed by atoms with Gasteiger partial charge in [0, 0.05) is 23.4 Å². The van der Waals surface area contributed by atoms with Crippen LogP contribution >= 0.6 is 11.6 Å². The third kappa shape index (κ3) is 5.75. The lowest BCUT2D eigenvalue weighted by Crippen LogP contribution is -2.29. The average Bonchev–Trinajstić information content (AvgIpc) is 2.83. The molecule has 0 aromatic heterocycles. The van der Waals surface area contributed by atoms with Gasteiger partial charge in [-0.05, 0) is 74.0 Å². The molecule has 1 saturated heterocycles. The molecule has 0 spiro atoms. The summed E-state index contributed by atoms with van der Waals surface area (Å²) in [6, 6.07) is 21.6. The summed E-state index contributed by atoms with van der Waals surface area (Å²) in [5.41, 5.74) is 3.32. The van der Waals surface area contributed by atoms with E-state index in [1.165, 1.54) is 24.8 Å². The first-order valence-corrected chi connectivity index (χ1v) is 11.2. The Labute approximate surface area is 193 Å². The summed E-state index contributed by atoms with van der Waals surface area (Å²) in [6.45, 7) is 3.20.